The van der Waals surface area contributed by atoms with Crippen LogP contribution in [0.1, 0.15) is 26.3 Å². The number of anilines is 1. The summed E-state index contributed by atoms with van der Waals surface area (Å²) in [5.41, 5.74) is 3.05. The lowest BCUT2D eigenvalue weighted by Crippen LogP contribution is -2.31. The predicted molar refractivity (Wildman–Crippen MR) is 64.7 cm³/mol. The van der Waals surface area contributed by atoms with Crippen molar-refractivity contribution in [3.63, 3.8) is 0 Å². The molecule has 0 fully saturated rings. The van der Waals surface area contributed by atoms with E-state index in [1.807, 2.05) is 0 Å². The molecule has 1 atom stereocenters. The van der Waals surface area contributed by atoms with Crippen LogP contribution in [-0.4, -0.2) is 6.04 Å². The fraction of sp³-hybridized carbons (Fsp3) is 0.500. The highest BCUT2D eigenvalue weighted by atomic mass is 79.9. The van der Waals surface area contributed by atoms with Crippen LogP contribution >= 0.6 is 15.9 Å². The van der Waals surface area contributed by atoms with Gasteiger partial charge in [-0.25, -0.2) is 0 Å². The molecule has 1 aliphatic heterocycles. The number of hydrogen-bond acceptors (Lipinski definition) is 1. The van der Waals surface area contributed by atoms with Crippen LogP contribution < -0.4 is 5.32 Å². The molecule has 1 nitrogen and oxygen atoms in total. The van der Waals surface area contributed by atoms with Gasteiger partial charge < -0.3 is 5.32 Å². The quantitative estimate of drug-likeness (QED) is 0.741. The lowest BCUT2D eigenvalue weighted by molar-refractivity contribution is 0.347. The summed E-state index contributed by atoms with van der Waals surface area (Å²) in [7, 11) is 0. The van der Waals surface area contributed by atoms with Crippen LogP contribution in [0.2, 0.25) is 0 Å². The van der Waals surface area contributed by atoms with Crippen molar-refractivity contribution in [1.29, 1.82) is 0 Å². The maximum atomic E-state index is 3.58. The molecule has 76 valence electrons. The predicted octanol–water partition coefficient (Wildman–Crippen LogP) is 3.83. The van der Waals surface area contributed by atoms with E-state index in [4.69, 9.17) is 0 Å². The second kappa shape index (κ2) is 3.27. The minimum absolute atomic E-state index is 0.325. The first-order chi connectivity index (χ1) is 6.47. The van der Waals surface area contributed by atoms with E-state index in [2.05, 4.69) is 60.2 Å². The van der Waals surface area contributed by atoms with Crippen molar-refractivity contribution in [3.05, 3.63) is 28.2 Å². The van der Waals surface area contributed by atoms with Gasteiger partial charge in [-0.3, -0.25) is 0 Å². The fourth-order valence-corrected chi connectivity index (χ4v) is 2.26. The molecule has 1 unspecified atom stereocenters. The second-order valence-electron chi connectivity index (χ2n) is 5.07. The van der Waals surface area contributed by atoms with E-state index in [0.717, 1.165) is 6.42 Å². The molecule has 1 aliphatic rings. The maximum Gasteiger partial charge on any atom is 0.0376 e. The largest absolute Gasteiger partial charge is 0.381 e. The van der Waals surface area contributed by atoms with Gasteiger partial charge in [0.1, 0.15) is 0 Å². The van der Waals surface area contributed by atoms with E-state index < -0.39 is 0 Å². The molecule has 0 bridgehead atoms. The summed E-state index contributed by atoms with van der Waals surface area (Å²) in [5.74, 6) is 0. The number of halogens is 1. The molecule has 2 heteroatoms. The fourth-order valence-electron chi connectivity index (χ4n) is 1.85. The molecule has 1 aromatic carbocycles. The zero-order valence-corrected chi connectivity index (χ0v) is 10.5. The van der Waals surface area contributed by atoms with Crippen molar-refractivity contribution in [2.24, 2.45) is 5.41 Å². The number of benzene rings is 1. The molecule has 0 saturated carbocycles. The average Bonchev–Trinajstić information content (AvgIpc) is 2.45. The Labute approximate surface area is 94.0 Å². The van der Waals surface area contributed by atoms with Crippen molar-refractivity contribution in [2.45, 2.75) is 33.2 Å². The highest BCUT2D eigenvalue weighted by Crippen LogP contribution is 2.35. The Bertz CT molecular complexity index is 352. The van der Waals surface area contributed by atoms with Gasteiger partial charge in [0.2, 0.25) is 0 Å². The Morgan fingerprint density at radius 1 is 1.36 bits per heavy atom. The van der Waals surface area contributed by atoms with Crippen molar-refractivity contribution in [1.82, 2.24) is 0 Å². The van der Waals surface area contributed by atoms with Crippen LogP contribution in [0, 0.1) is 5.41 Å². The van der Waals surface area contributed by atoms with Crippen molar-refractivity contribution in [3.8, 4) is 0 Å². The van der Waals surface area contributed by atoms with Crippen LogP contribution in [0.5, 0.6) is 0 Å². The Morgan fingerprint density at radius 2 is 2.07 bits per heavy atom. The first kappa shape index (κ1) is 10.0. The first-order valence-electron chi connectivity index (χ1n) is 5.02. The number of nitrogens with one attached hydrogen (secondary N) is 1. The molecular weight excluding hydrogens is 238 g/mol. The topological polar surface area (TPSA) is 12.0 Å². The highest BCUT2D eigenvalue weighted by Gasteiger charge is 2.30. The summed E-state index contributed by atoms with van der Waals surface area (Å²) in [5, 5.41) is 3.58. The number of hydrogen-bond donors (Lipinski definition) is 1. The van der Waals surface area contributed by atoms with Gasteiger partial charge in [0.15, 0.2) is 0 Å². The van der Waals surface area contributed by atoms with Crippen LogP contribution in [0.25, 0.3) is 0 Å². The monoisotopic (exact) mass is 253 g/mol. The lowest BCUT2D eigenvalue weighted by Gasteiger charge is -2.27. The SMILES string of the molecule is CC(C)(C)C1Cc2cc(Br)ccc2N1. The second-order valence-corrected chi connectivity index (χ2v) is 5.98. The van der Waals surface area contributed by atoms with Crippen LogP contribution in [0.15, 0.2) is 22.7 Å². The highest BCUT2D eigenvalue weighted by molar-refractivity contribution is 9.10. The van der Waals surface area contributed by atoms with E-state index >= 15 is 0 Å². The molecule has 1 heterocycles. The third kappa shape index (κ3) is 1.81. The smallest absolute Gasteiger partial charge is 0.0376 e. The van der Waals surface area contributed by atoms with Crippen molar-refractivity contribution >= 4 is 21.6 Å². The number of fused-ring (bicyclic) bond motifs is 1. The van der Waals surface area contributed by atoms with Gasteiger partial charge in [0.05, 0.1) is 0 Å². The van der Waals surface area contributed by atoms with Gasteiger partial charge in [-0.1, -0.05) is 36.7 Å². The Morgan fingerprint density at radius 3 is 2.71 bits per heavy atom. The first-order valence-corrected chi connectivity index (χ1v) is 5.81. The summed E-state index contributed by atoms with van der Waals surface area (Å²) in [4.78, 5) is 0. The standard InChI is InChI=1S/C12H16BrN/c1-12(2,3)11-7-8-6-9(13)4-5-10(8)14-11/h4-6,11,14H,7H2,1-3H3. The van der Waals surface area contributed by atoms with E-state index in [0.29, 0.717) is 11.5 Å². The van der Waals surface area contributed by atoms with Gasteiger partial charge in [-0.05, 0) is 35.6 Å². The Balaban J connectivity index is 2.26. The molecule has 14 heavy (non-hydrogen) atoms. The van der Waals surface area contributed by atoms with Crippen LogP contribution in [0.3, 0.4) is 0 Å². The minimum Gasteiger partial charge on any atom is -0.381 e. The summed E-state index contributed by atoms with van der Waals surface area (Å²) < 4.78 is 1.17. The minimum atomic E-state index is 0.325. The van der Waals surface area contributed by atoms with Gasteiger partial charge in [-0.2, -0.15) is 0 Å². The molecule has 0 radical (unpaired) electrons. The Hall–Kier alpha value is -0.500. The van der Waals surface area contributed by atoms with Crippen LogP contribution in [0.4, 0.5) is 5.69 Å². The van der Waals surface area contributed by atoms with E-state index in [1.165, 1.54) is 15.7 Å². The van der Waals surface area contributed by atoms with E-state index in [-0.39, 0.29) is 0 Å². The molecule has 1 aromatic rings. The lowest BCUT2D eigenvalue weighted by atomic mass is 9.85. The molecule has 2 rings (SSSR count). The van der Waals surface area contributed by atoms with E-state index in [1.54, 1.807) is 0 Å². The molecule has 1 N–H and O–H groups in total. The summed E-state index contributed by atoms with van der Waals surface area (Å²) in [6, 6.07) is 7.03. The Kier molecular flexibility index (Phi) is 2.34. The third-order valence-electron chi connectivity index (χ3n) is 2.87. The van der Waals surface area contributed by atoms with E-state index in [9.17, 15) is 0 Å². The van der Waals surface area contributed by atoms with Gasteiger partial charge in [0, 0.05) is 16.2 Å². The summed E-state index contributed by atoms with van der Waals surface area (Å²) in [6.07, 6.45) is 1.14. The van der Waals surface area contributed by atoms with Crippen molar-refractivity contribution in [2.75, 3.05) is 5.32 Å². The summed E-state index contributed by atoms with van der Waals surface area (Å²) >= 11 is 3.51. The molecule has 0 amide bonds. The summed E-state index contributed by atoms with van der Waals surface area (Å²) in [6.45, 7) is 6.85. The zero-order chi connectivity index (χ0) is 10.3. The van der Waals surface area contributed by atoms with Crippen LogP contribution in [-0.2, 0) is 6.42 Å². The number of rotatable bonds is 0. The van der Waals surface area contributed by atoms with Gasteiger partial charge in [-0.15, -0.1) is 0 Å². The maximum absolute atomic E-state index is 3.58. The van der Waals surface area contributed by atoms with Crippen molar-refractivity contribution < 1.29 is 0 Å². The molecule has 0 aromatic heterocycles. The molecule has 0 spiro atoms. The zero-order valence-electron chi connectivity index (χ0n) is 8.89. The molecule has 0 aliphatic carbocycles. The average molecular weight is 254 g/mol. The third-order valence-corrected chi connectivity index (χ3v) is 3.36. The molecule has 0 saturated heterocycles. The van der Waals surface area contributed by atoms with Gasteiger partial charge >= 0.3 is 0 Å². The normalized spacial score (nSPS) is 20.4. The molecular formula is C12H16BrN. The van der Waals surface area contributed by atoms with Gasteiger partial charge in [0.25, 0.3) is 0 Å².